The van der Waals surface area contributed by atoms with Crippen molar-refractivity contribution in [3.8, 4) is 0 Å². The molecule has 6 heteroatoms. The lowest BCUT2D eigenvalue weighted by molar-refractivity contribution is -0.127. The van der Waals surface area contributed by atoms with Crippen molar-refractivity contribution >= 4 is 34.5 Å². The van der Waals surface area contributed by atoms with Crippen LogP contribution >= 0.6 is 22.7 Å². The zero-order valence-corrected chi connectivity index (χ0v) is 19.4. The molecule has 162 valence electrons. The lowest BCUT2D eigenvalue weighted by Gasteiger charge is -2.32. The summed E-state index contributed by atoms with van der Waals surface area (Å²) in [6, 6.07) is 15.3. The number of benzene rings is 1. The average Bonchev–Trinajstić information content (AvgIpc) is 3.50. The first-order valence-electron chi connectivity index (χ1n) is 10.9. The van der Waals surface area contributed by atoms with E-state index >= 15 is 0 Å². The number of carbonyl (C=O) groups excluding carboxylic acids is 2. The Labute approximate surface area is 191 Å². The first-order chi connectivity index (χ1) is 15.1. The molecule has 0 saturated heterocycles. The summed E-state index contributed by atoms with van der Waals surface area (Å²) in [4.78, 5) is 30.4. The number of aryl methyl sites for hydroxylation is 1. The molecule has 2 aromatic heterocycles. The molecule has 1 aromatic carbocycles. The van der Waals surface area contributed by atoms with E-state index < -0.39 is 6.04 Å². The van der Waals surface area contributed by atoms with Gasteiger partial charge in [-0.25, -0.2) is 0 Å². The summed E-state index contributed by atoms with van der Waals surface area (Å²) >= 11 is 2.94. The van der Waals surface area contributed by atoms with Gasteiger partial charge in [0.2, 0.25) is 5.91 Å². The lowest BCUT2D eigenvalue weighted by atomic mass is 9.95. The third kappa shape index (κ3) is 5.43. The van der Waals surface area contributed by atoms with Gasteiger partial charge in [0.05, 0.1) is 4.88 Å². The number of amides is 2. The van der Waals surface area contributed by atoms with Crippen LogP contribution < -0.4 is 5.32 Å². The Morgan fingerprint density at radius 3 is 2.35 bits per heavy atom. The molecule has 1 atom stereocenters. The van der Waals surface area contributed by atoms with Gasteiger partial charge in [0, 0.05) is 17.5 Å². The fourth-order valence-electron chi connectivity index (χ4n) is 4.11. The molecule has 4 rings (SSSR count). The van der Waals surface area contributed by atoms with E-state index in [1.807, 2.05) is 66.2 Å². The van der Waals surface area contributed by atoms with Crippen LogP contribution in [0, 0.1) is 6.92 Å². The van der Waals surface area contributed by atoms with Gasteiger partial charge in [-0.05, 0) is 48.2 Å². The Morgan fingerprint density at radius 1 is 1.00 bits per heavy atom. The number of thiophene rings is 2. The summed E-state index contributed by atoms with van der Waals surface area (Å²) in [6.07, 6.45) is 5.56. The van der Waals surface area contributed by atoms with Gasteiger partial charge in [-0.3, -0.25) is 9.59 Å². The van der Waals surface area contributed by atoms with Crippen LogP contribution in [0.15, 0.2) is 59.3 Å². The standard InChI is InChI=1S/C25H28N2O2S2/c1-18-11-13-19(14-12-18)17-27(25(29)22-10-6-16-31-22)23(21-9-5-15-30-21)24(28)26-20-7-3-2-4-8-20/h5-6,9-16,20,23H,2-4,7-8,17H2,1H3,(H,26,28)/t23-/m1/s1. The van der Waals surface area contributed by atoms with Gasteiger partial charge in [0.25, 0.3) is 5.91 Å². The maximum absolute atomic E-state index is 13.6. The first-order valence-corrected chi connectivity index (χ1v) is 12.6. The van der Waals surface area contributed by atoms with Gasteiger partial charge < -0.3 is 10.2 Å². The van der Waals surface area contributed by atoms with Crippen LogP contribution in [0.4, 0.5) is 0 Å². The molecule has 2 heterocycles. The fourth-order valence-corrected chi connectivity index (χ4v) is 5.62. The lowest BCUT2D eigenvalue weighted by Crippen LogP contribution is -2.46. The summed E-state index contributed by atoms with van der Waals surface area (Å²) in [5.74, 6) is -0.181. The Kier molecular flexibility index (Phi) is 7.20. The molecule has 1 aliphatic rings. The fraction of sp³-hybridized carbons (Fsp3) is 0.360. The second-order valence-corrected chi connectivity index (χ2v) is 10.1. The first kappa shape index (κ1) is 21.8. The van der Waals surface area contributed by atoms with Crippen molar-refractivity contribution < 1.29 is 9.59 Å². The number of hydrogen-bond donors (Lipinski definition) is 1. The summed E-state index contributed by atoms with van der Waals surface area (Å²) in [6.45, 7) is 2.43. The minimum absolute atomic E-state index is 0.0774. The second kappa shape index (κ2) is 10.2. The van der Waals surface area contributed by atoms with Crippen LogP contribution in [0.5, 0.6) is 0 Å². The maximum Gasteiger partial charge on any atom is 0.265 e. The molecule has 4 nitrogen and oxygen atoms in total. The topological polar surface area (TPSA) is 49.4 Å². The Hall–Kier alpha value is -2.44. The van der Waals surface area contributed by atoms with Crippen molar-refractivity contribution in [1.82, 2.24) is 10.2 Å². The molecule has 0 spiro atoms. The van der Waals surface area contributed by atoms with E-state index in [-0.39, 0.29) is 17.9 Å². The zero-order chi connectivity index (χ0) is 21.6. The summed E-state index contributed by atoms with van der Waals surface area (Å²) < 4.78 is 0. The Bertz CT molecular complexity index is 975. The predicted molar refractivity (Wildman–Crippen MR) is 127 cm³/mol. The molecular weight excluding hydrogens is 424 g/mol. The van der Waals surface area contributed by atoms with E-state index in [1.54, 1.807) is 4.90 Å². The normalized spacial score (nSPS) is 15.4. The maximum atomic E-state index is 13.6. The minimum Gasteiger partial charge on any atom is -0.351 e. The van der Waals surface area contributed by atoms with Crippen LogP contribution in [0.2, 0.25) is 0 Å². The van der Waals surface area contributed by atoms with Crippen LogP contribution in [0.3, 0.4) is 0 Å². The number of carbonyl (C=O) groups is 2. The highest BCUT2D eigenvalue weighted by atomic mass is 32.1. The van der Waals surface area contributed by atoms with Crippen LogP contribution in [-0.4, -0.2) is 22.8 Å². The highest BCUT2D eigenvalue weighted by Crippen LogP contribution is 2.30. The van der Waals surface area contributed by atoms with Crippen molar-refractivity contribution in [1.29, 1.82) is 0 Å². The highest BCUT2D eigenvalue weighted by Gasteiger charge is 2.34. The van der Waals surface area contributed by atoms with Gasteiger partial charge in [-0.1, -0.05) is 61.2 Å². The summed E-state index contributed by atoms with van der Waals surface area (Å²) in [7, 11) is 0. The van der Waals surface area contributed by atoms with Crippen molar-refractivity contribution in [3.05, 3.63) is 80.2 Å². The summed E-state index contributed by atoms with van der Waals surface area (Å²) in [5.41, 5.74) is 2.19. The van der Waals surface area contributed by atoms with E-state index in [1.165, 1.54) is 34.7 Å². The highest BCUT2D eigenvalue weighted by molar-refractivity contribution is 7.12. The van der Waals surface area contributed by atoms with E-state index in [0.29, 0.717) is 11.4 Å². The van der Waals surface area contributed by atoms with Crippen molar-refractivity contribution in [2.24, 2.45) is 0 Å². The SMILES string of the molecule is Cc1ccc(CN(C(=O)c2cccs2)[C@@H](C(=O)NC2CCCCC2)c2cccs2)cc1. The predicted octanol–water partition coefficient (Wildman–Crippen LogP) is 5.95. The van der Waals surface area contributed by atoms with E-state index in [0.717, 1.165) is 36.1 Å². The molecule has 0 bridgehead atoms. The van der Waals surface area contributed by atoms with Gasteiger partial charge in [0.1, 0.15) is 6.04 Å². The molecule has 1 N–H and O–H groups in total. The van der Waals surface area contributed by atoms with E-state index in [2.05, 4.69) is 5.32 Å². The van der Waals surface area contributed by atoms with Crippen molar-refractivity contribution in [3.63, 3.8) is 0 Å². The van der Waals surface area contributed by atoms with Gasteiger partial charge >= 0.3 is 0 Å². The zero-order valence-electron chi connectivity index (χ0n) is 17.8. The van der Waals surface area contributed by atoms with Crippen LogP contribution in [-0.2, 0) is 11.3 Å². The summed E-state index contributed by atoms with van der Waals surface area (Å²) in [5, 5.41) is 7.13. The van der Waals surface area contributed by atoms with Crippen molar-refractivity contribution in [2.75, 3.05) is 0 Å². The third-order valence-electron chi connectivity index (χ3n) is 5.79. The van der Waals surface area contributed by atoms with E-state index in [9.17, 15) is 9.59 Å². The number of nitrogens with zero attached hydrogens (tertiary/aromatic N) is 1. The molecular formula is C25H28N2O2S2. The Morgan fingerprint density at radius 2 is 1.71 bits per heavy atom. The van der Waals surface area contributed by atoms with E-state index in [4.69, 9.17) is 0 Å². The molecule has 0 aliphatic heterocycles. The minimum atomic E-state index is -0.641. The smallest absolute Gasteiger partial charge is 0.265 e. The molecule has 31 heavy (non-hydrogen) atoms. The largest absolute Gasteiger partial charge is 0.351 e. The van der Waals surface area contributed by atoms with Gasteiger partial charge in [0.15, 0.2) is 0 Å². The molecule has 1 saturated carbocycles. The molecule has 3 aromatic rings. The third-order valence-corrected chi connectivity index (χ3v) is 7.57. The van der Waals surface area contributed by atoms with Crippen molar-refractivity contribution in [2.45, 2.75) is 57.7 Å². The number of hydrogen-bond acceptors (Lipinski definition) is 4. The quantitative estimate of drug-likeness (QED) is 0.481. The molecule has 0 unspecified atom stereocenters. The Balaban J connectivity index is 1.67. The van der Waals surface area contributed by atoms with Crippen LogP contribution in [0.25, 0.3) is 0 Å². The van der Waals surface area contributed by atoms with Gasteiger partial charge in [-0.15, -0.1) is 22.7 Å². The second-order valence-electron chi connectivity index (χ2n) is 8.16. The number of rotatable bonds is 7. The average molecular weight is 453 g/mol. The molecule has 1 aliphatic carbocycles. The number of nitrogens with one attached hydrogen (secondary N) is 1. The molecule has 1 fully saturated rings. The van der Waals surface area contributed by atoms with Crippen LogP contribution in [0.1, 0.15) is 63.8 Å². The molecule has 0 radical (unpaired) electrons. The molecule has 2 amide bonds. The van der Waals surface area contributed by atoms with Gasteiger partial charge in [-0.2, -0.15) is 0 Å². The monoisotopic (exact) mass is 452 g/mol.